The Hall–Kier alpha value is -3.10. The summed E-state index contributed by atoms with van der Waals surface area (Å²) in [7, 11) is 0. The first kappa shape index (κ1) is 20.6. The van der Waals surface area contributed by atoms with Gasteiger partial charge in [0, 0.05) is 44.5 Å². The van der Waals surface area contributed by atoms with Gasteiger partial charge in [-0.15, -0.1) is 13.2 Å². The van der Waals surface area contributed by atoms with Crippen LogP contribution >= 0.6 is 0 Å². The quantitative estimate of drug-likeness (QED) is 0.795. The Balaban J connectivity index is 1.40. The lowest BCUT2D eigenvalue weighted by atomic mass is 10.1. The van der Waals surface area contributed by atoms with Crippen LogP contribution in [0.15, 0.2) is 48.5 Å². The van der Waals surface area contributed by atoms with E-state index in [0.29, 0.717) is 39.1 Å². The van der Waals surface area contributed by atoms with Gasteiger partial charge in [-0.1, -0.05) is 18.2 Å². The number of halogens is 3. The summed E-state index contributed by atoms with van der Waals surface area (Å²) >= 11 is 0. The van der Waals surface area contributed by atoms with Gasteiger partial charge >= 0.3 is 12.4 Å². The van der Waals surface area contributed by atoms with Crippen molar-refractivity contribution in [3.05, 3.63) is 54.1 Å². The van der Waals surface area contributed by atoms with E-state index in [-0.39, 0.29) is 17.5 Å². The molecule has 0 aromatic heterocycles. The van der Waals surface area contributed by atoms with Gasteiger partial charge < -0.3 is 25.0 Å². The first-order chi connectivity index (χ1) is 13.8. The molecule has 1 aliphatic rings. The van der Waals surface area contributed by atoms with E-state index in [0.717, 1.165) is 11.3 Å². The molecular weight excluding hydrogens is 387 g/mol. The summed E-state index contributed by atoms with van der Waals surface area (Å²) in [4.78, 5) is 16.1. The maximum Gasteiger partial charge on any atom is 0.573 e. The van der Waals surface area contributed by atoms with Crippen LogP contribution in [-0.2, 0) is 6.42 Å². The van der Waals surface area contributed by atoms with Crippen molar-refractivity contribution in [3.63, 3.8) is 0 Å². The summed E-state index contributed by atoms with van der Waals surface area (Å²) in [6.45, 7) is 2.83. The lowest BCUT2D eigenvalue weighted by Crippen LogP contribution is -2.52. The van der Waals surface area contributed by atoms with Crippen molar-refractivity contribution in [2.45, 2.75) is 12.8 Å². The highest BCUT2D eigenvalue weighted by Gasteiger charge is 2.31. The fraction of sp³-hybridized carbons (Fsp3) is 0.350. The smallest absolute Gasteiger partial charge is 0.508 e. The van der Waals surface area contributed by atoms with Crippen LogP contribution in [0.1, 0.15) is 5.56 Å². The Morgan fingerprint density at radius 3 is 2.38 bits per heavy atom. The zero-order valence-electron chi connectivity index (χ0n) is 15.7. The van der Waals surface area contributed by atoms with Crippen molar-refractivity contribution in [1.82, 2.24) is 10.2 Å². The standard InChI is InChI=1S/C20H22F3N3O3/c21-20(22,23)29-18-6-4-15(5-7-18)8-9-24-19(28)26-12-10-25(11-13-26)16-2-1-3-17(27)14-16/h1-7,14,27H,8-13H2,(H,24,28). The molecule has 0 unspecified atom stereocenters. The van der Waals surface area contributed by atoms with E-state index < -0.39 is 6.36 Å². The summed E-state index contributed by atoms with van der Waals surface area (Å²) in [6, 6.07) is 12.4. The first-order valence-electron chi connectivity index (χ1n) is 9.21. The number of hydrogen-bond acceptors (Lipinski definition) is 4. The molecule has 0 radical (unpaired) electrons. The number of carbonyl (C=O) groups excluding carboxylic acids is 1. The van der Waals surface area contributed by atoms with Crippen LogP contribution in [0.25, 0.3) is 0 Å². The van der Waals surface area contributed by atoms with Crippen molar-refractivity contribution in [2.75, 3.05) is 37.6 Å². The van der Waals surface area contributed by atoms with Gasteiger partial charge in [-0.3, -0.25) is 0 Å². The molecule has 1 heterocycles. The molecule has 0 saturated carbocycles. The molecular formula is C20H22F3N3O3. The highest BCUT2D eigenvalue weighted by Crippen LogP contribution is 2.23. The van der Waals surface area contributed by atoms with E-state index in [1.165, 1.54) is 12.1 Å². The molecule has 1 saturated heterocycles. The Morgan fingerprint density at radius 1 is 1.07 bits per heavy atom. The van der Waals surface area contributed by atoms with Gasteiger partial charge in [0.2, 0.25) is 0 Å². The summed E-state index contributed by atoms with van der Waals surface area (Å²) in [5, 5.41) is 12.4. The van der Waals surface area contributed by atoms with E-state index in [2.05, 4.69) is 15.0 Å². The molecule has 1 fully saturated rings. The molecule has 156 valence electrons. The Labute approximate surface area is 166 Å². The molecule has 0 spiro atoms. The second-order valence-corrected chi connectivity index (χ2v) is 6.67. The zero-order chi connectivity index (χ0) is 20.9. The van der Waals surface area contributed by atoms with Crippen molar-refractivity contribution >= 4 is 11.7 Å². The number of nitrogens with one attached hydrogen (secondary N) is 1. The van der Waals surface area contributed by atoms with E-state index in [1.807, 2.05) is 6.07 Å². The average Bonchev–Trinajstić information content (AvgIpc) is 2.68. The zero-order valence-corrected chi connectivity index (χ0v) is 15.7. The van der Waals surface area contributed by atoms with Gasteiger partial charge in [-0.25, -0.2) is 4.79 Å². The predicted molar refractivity (Wildman–Crippen MR) is 102 cm³/mol. The van der Waals surface area contributed by atoms with Crippen LogP contribution in [-0.4, -0.2) is 55.1 Å². The van der Waals surface area contributed by atoms with Crippen molar-refractivity contribution in [2.24, 2.45) is 0 Å². The third-order valence-corrected chi connectivity index (χ3v) is 4.61. The maximum absolute atomic E-state index is 12.3. The van der Waals surface area contributed by atoms with Gasteiger partial charge in [-0.2, -0.15) is 0 Å². The largest absolute Gasteiger partial charge is 0.573 e. The van der Waals surface area contributed by atoms with E-state index in [1.54, 1.807) is 35.2 Å². The number of anilines is 1. The fourth-order valence-corrected chi connectivity index (χ4v) is 3.14. The highest BCUT2D eigenvalue weighted by molar-refractivity contribution is 5.74. The second kappa shape index (κ2) is 8.93. The van der Waals surface area contributed by atoms with E-state index >= 15 is 0 Å². The van der Waals surface area contributed by atoms with Gasteiger partial charge in [-0.05, 0) is 36.2 Å². The number of aromatic hydroxyl groups is 1. The average molecular weight is 409 g/mol. The number of amides is 2. The number of ether oxygens (including phenoxy) is 1. The minimum atomic E-state index is -4.71. The van der Waals surface area contributed by atoms with E-state index in [9.17, 15) is 23.1 Å². The SMILES string of the molecule is O=C(NCCc1ccc(OC(F)(F)F)cc1)N1CCN(c2cccc(O)c2)CC1. The molecule has 2 aromatic rings. The number of nitrogens with zero attached hydrogens (tertiary/aromatic N) is 2. The number of hydrogen-bond donors (Lipinski definition) is 2. The van der Waals surface area contributed by atoms with Crippen LogP contribution in [0.5, 0.6) is 11.5 Å². The minimum absolute atomic E-state index is 0.169. The minimum Gasteiger partial charge on any atom is -0.508 e. The summed E-state index contributed by atoms with van der Waals surface area (Å²) < 4.78 is 40.3. The Kier molecular flexibility index (Phi) is 6.36. The maximum atomic E-state index is 12.3. The molecule has 2 N–H and O–H groups in total. The Bertz CT molecular complexity index is 820. The highest BCUT2D eigenvalue weighted by atomic mass is 19.4. The van der Waals surface area contributed by atoms with Gasteiger partial charge in [0.15, 0.2) is 0 Å². The first-order valence-corrected chi connectivity index (χ1v) is 9.21. The molecule has 6 nitrogen and oxygen atoms in total. The molecule has 3 rings (SSSR count). The number of phenolic OH excluding ortho intramolecular Hbond substituents is 1. The van der Waals surface area contributed by atoms with Gasteiger partial charge in [0.05, 0.1) is 0 Å². The second-order valence-electron chi connectivity index (χ2n) is 6.67. The molecule has 2 amide bonds. The number of piperazine rings is 1. The number of alkyl halides is 3. The lowest BCUT2D eigenvalue weighted by molar-refractivity contribution is -0.274. The van der Waals surface area contributed by atoms with Crippen molar-refractivity contribution < 1.29 is 27.8 Å². The van der Waals surface area contributed by atoms with Crippen molar-refractivity contribution in [1.29, 1.82) is 0 Å². The number of urea groups is 1. The third-order valence-electron chi connectivity index (χ3n) is 4.61. The third kappa shape index (κ3) is 6.20. The summed E-state index contributed by atoms with van der Waals surface area (Å²) in [6.07, 6.45) is -4.21. The molecule has 9 heteroatoms. The fourth-order valence-electron chi connectivity index (χ4n) is 3.14. The normalized spacial score (nSPS) is 14.6. The van der Waals surface area contributed by atoms with Crippen LogP contribution in [0, 0.1) is 0 Å². The number of phenols is 1. The van der Waals surface area contributed by atoms with Gasteiger partial charge in [0.25, 0.3) is 0 Å². The van der Waals surface area contributed by atoms with Crippen LogP contribution < -0.4 is 15.0 Å². The van der Waals surface area contributed by atoms with Crippen LogP contribution in [0.2, 0.25) is 0 Å². The summed E-state index contributed by atoms with van der Waals surface area (Å²) in [5.41, 5.74) is 1.72. The monoisotopic (exact) mass is 409 g/mol. The topological polar surface area (TPSA) is 65.0 Å². The lowest BCUT2D eigenvalue weighted by Gasteiger charge is -2.36. The van der Waals surface area contributed by atoms with Crippen LogP contribution in [0.3, 0.4) is 0 Å². The number of rotatable bonds is 5. The van der Waals surface area contributed by atoms with Gasteiger partial charge in [0.1, 0.15) is 11.5 Å². The van der Waals surface area contributed by atoms with Crippen LogP contribution in [0.4, 0.5) is 23.7 Å². The molecule has 0 aliphatic carbocycles. The predicted octanol–water partition coefficient (Wildman–Crippen LogP) is 3.37. The number of benzene rings is 2. The molecule has 1 aliphatic heterocycles. The Morgan fingerprint density at radius 2 is 1.76 bits per heavy atom. The number of carbonyl (C=O) groups is 1. The molecule has 0 atom stereocenters. The molecule has 29 heavy (non-hydrogen) atoms. The molecule has 0 bridgehead atoms. The summed E-state index contributed by atoms with van der Waals surface area (Å²) in [5.74, 6) is -0.0597. The van der Waals surface area contributed by atoms with E-state index in [4.69, 9.17) is 0 Å². The molecule has 2 aromatic carbocycles. The van der Waals surface area contributed by atoms with Crippen molar-refractivity contribution in [3.8, 4) is 11.5 Å².